The molecule has 0 fully saturated rings. The lowest BCUT2D eigenvalue weighted by molar-refractivity contribution is 0.176. The molecule has 3 heteroatoms. The third-order valence-electron chi connectivity index (χ3n) is 1.42. The number of nitrogens with one attached hydrogen (secondary N) is 1. The quantitative estimate of drug-likeness (QED) is 0.485. The first-order valence-corrected chi connectivity index (χ1v) is 4.19. The first-order valence-electron chi connectivity index (χ1n) is 4.19. The van der Waals surface area contributed by atoms with Gasteiger partial charge in [-0.15, -0.1) is 0 Å². The Morgan fingerprint density at radius 1 is 1.18 bits per heavy atom. The maximum atomic E-state index is 8.88. The van der Waals surface area contributed by atoms with Crippen molar-refractivity contribution in [1.29, 1.82) is 0 Å². The third kappa shape index (κ3) is 9.88. The van der Waals surface area contributed by atoms with Crippen LogP contribution in [0.3, 0.4) is 0 Å². The lowest BCUT2D eigenvalue weighted by Gasteiger charge is -2.07. The van der Waals surface area contributed by atoms with Gasteiger partial charge in [-0.2, -0.15) is 0 Å². The number of hydrogen-bond donors (Lipinski definition) is 3. The van der Waals surface area contributed by atoms with E-state index in [4.69, 9.17) is 10.2 Å². The minimum atomic E-state index is -0.276. The van der Waals surface area contributed by atoms with E-state index in [0.717, 1.165) is 19.4 Å². The molecule has 0 saturated heterocycles. The maximum absolute atomic E-state index is 8.88. The summed E-state index contributed by atoms with van der Waals surface area (Å²) in [5.74, 6) is 0. The number of aliphatic hydroxyl groups excluding tert-OH is 2. The van der Waals surface area contributed by atoms with Crippen LogP contribution in [0.2, 0.25) is 0 Å². The van der Waals surface area contributed by atoms with E-state index in [-0.39, 0.29) is 12.2 Å². The molecule has 0 aromatic carbocycles. The molecule has 0 bridgehead atoms. The Morgan fingerprint density at radius 2 is 1.82 bits per heavy atom. The van der Waals surface area contributed by atoms with Gasteiger partial charge in [-0.3, -0.25) is 0 Å². The summed E-state index contributed by atoms with van der Waals surface area (Å²) in [6, 6.07) is 0. The summed E-state index contributed by atoms with van der Waals surface area (Å²) in [6.07, 6.45) is 1.31. The fraction of sp³-hybridized carbons (Fsp3) is 1.00. The molecule has 0 spiro atoms. The van der Waals surface area contributed by atoms with E-state index in [1.54, 1.807) is 13.8 Å². The third-order valence-corrected chi connectivity index (χ3v) is 1.42. The van der Waals surface area contributed by atoms with Gasteiger partial charge in [-0.25, -0.2) is 0 Å². The molecule has 0 saturated carbocycles. The lowest BCUT2D eigenvalue weighted by Crippen LogP contribution is -2.25. The van der Waals surface area contributed by atoms with Crippen LogP contribution in [0.25, 0.3) is 0 Å². The van der Waals surface area contributed by atoms with E-state index in [9.17, 15) is 0 Å². The molecule has 11 heavy (non-hydrogen) atoms. The van der Waals surface area contributed by atoms with Gasteiger partial charge in [-0.1, -0.05) is 0 Å². The Kier molecular flexibility index (Phi) is 6.51. The minimum absolute atomic E-state index is 0.205. The van der Waals surface area contributed by atoms with Gasteiger partial charge < -0.3 is 15.5 Å². The van der Waals surface area contributed by atoms with Crippen molar-refractivity contribution in [2.45, 2.75) is 38.9 Å². The first kappa shape index (κ1) is 10.9. The number of aliphatic hydroxyl groups is 2. The summed E-state index contributed by atoms with van der Waals surface area (Å²) in [5, 5.41) is 20.8. The average Bonchev–Trinajstić information content (AvgIpc) is 1.85. The largest absolute Gasteiger partial charge is 0.393 e. The molecule has 2 atom stereocenters. The van der Waals surface area contributed by atoms with Crippen LogP contribution in [0.4, 0.5) is 0 Å². The van der Waals surface area contributed by atoms with E-state index in [1.165, 1.54) is 0 Å². The fourth-order valence-corrected chi connectivity index (χ4v) is 0.833. The second kappa shape index (κ2) is 6.58. The van der Waals surface area contributed by atoms with Crippen LogP contribution in [0.5, 0.6) is 0 Å². The Balaban J connectivity index is 2.91. The Bertz CT molecular complexity index is 74.2. The Hall–Kier alpha value is -0.120. The van der Waals surface area contributed by atoms with Gasteiger partial charge in [0.1, 0.15) is 0 Å². The number of rotatable bonds is 6. The Morgan fingerprint density at radius 3 is 2.27 bits per heavy atom. The molecule has 3 N–H and O–H groups in total. The highest BCUT2D eigenvalue weighted by molar-refractivity contribution is 4.54. The van der Waals surface area contributed by atoms with E-state index < -0.39 is 0 Å². The van der Waals surface area contributed by atoms with E-state index >= 15 is 0 Å². The predicted molar refractivity (Wildman–Crippen MR) is 45.5 cm³/mol. The van der Waals surface area contributed by atoms with Crippen molar-refractivity contribution in [2.75, 3.05) is 13.1 Å². The molecule has 3 nitrogen and oxygen atoms in total. The topological polar surface area (TPSA) is 52.5 Å². The van der Waals surface area contributed by atoms with Gasteiger partial charge in [0, 0.05) is 6.54 Å². The van der Waals surface area contributed by atoms with Gasteiger partial charge in [-0.05, 0) is 33.2 Å². The van der Waals surface area contributed by atoms with Crippen LogP contribution in [-0.2, 0) is 0 Å². The highest BCUT2D eigenvalue weighted by Crippen LogP contribution is 1.93. The van der Waals surface area contributed by atoms with Crippen molar-refractivity contribution in [1.82, 2.24) is 5.32 Å². The fourth-order valence-electron chi connectivity index (χ4n) is 0.833. The molecule has 0 aromatic rings. The van der Waals surface area contributed by atoms with Crippen molar-refractivity contribution in [3.63, 3.8) is 0 Å². The molecule has 0 aromatic heterocycles. The second-order valence-electron chi connectivity index (χ2n) is 3.04. The molecule has 0 amide bonds. The van der Waals surface area contributed by atoms with Gasteiger partial charge in [0.25, 0.3) is 0 Å². The highest BCUT2D eigenvalue weighted by atomic mass is 16.3. The molecular weight excluding hydrogens is 142 g/mol. The van der Waals surface area contributed by atoms with Crippen LogP contribution in [0, 0.1) is 0 Å². The lowest BCUT2D eigenvalue weighted by atomic mass is 10.2. The van der Waals surface area contributed by atoms with Crippen molar-refractivity contribution >= 4 is 0 Å². The summed E-state index contributed by atoms with van der Waals surface area (Å²) in [6.45, 7) is 5.05. The zero-order valence-corrected chi connectivity index (χ0v) is 7.38. The monoisotopic (exact) mass is 161 g/mol. The summed E-state index contributed by atoms with van der Waals surface area (Å²) in [5.41, 5.74) is 0. The average molecular weight is 161 g/mol. The minimum Gasteiger partial charge on any atom is -0.393 e. The van der Waals surface area contributed by atoms with E-state index in [0.29, 0.717) is 6.54 Å². The molecule has 0 rings (SSSR count). The van der Waals surface area contributed by atoms with Gasteiger partial charge in [0.15, 0.2) is 0 Å². The van der Waals surface area contributed by atoms with Crippen LogP contribution in [-0.4, -0.2) is 35.5 Å². The normalized spacial score (nSPS) is 16.4. The van der Waals surface area contributed by atoms with Crippen LogP contribution in [0.1, 0.15) is 26.7 Å². The number of hydrogen-bond acceptors (Lipinski definition) is 3. The van der Waals surface area contributed by atoms with Crippen molar-refractivity contribution in [3.8, 4) is 0 Å². The van der Waals surface area contributed by atoms with Crippen LogP contribution >= 0.6 is 0 Å². The molecule has 0 aliphatic heterocycles. The Labute approximate surface area is 68.4 Å². The first-order chi connectivity index (χ1) is 5.13. The molecule has 0 aliphatic rings. The maximum Gasteiger partial charge on any atom is 0.0636 e. The van der Waals surface area contributed by atoms with Crippen molar-refractivity contribution in [2.24, 2.45) is 0 Å². The van der Waals surface area contributed by atoms with Gasteiger partial charge >= 0.3 is 0 Å². The van der Waals surface area contributed by atoms with Crippen molar-refractivity contribution < 1.29 is 10.2 Å². The summed E-state index contributed by atoms with van der Waals surface area (Å²) >= 11 is 0. The summed E-state index contributed by atoms with van der Waals surface area (Å²) in [4.78, 5) is 0. The second-order valence-corrected chi connectivity index (χ2v) is 3.04. The molecular formula is C8H19NO2. The van der Waals surface area contributed by atoms with Gasteiger partial charge in [0.05, 0.1) is 12.2 Å². The van der Waals surface area contributed by atoms with E-state index in [1.807, 2.05) is 0 Å². The summed E-state index contributed by atoms with van der Waals surface area (Å²) in [7, 11) is 0. The van der Waals surface area contributed by atoms with E-state index in [2.05, 4.69) is 5.32 Å². The van der Waals surface area contributed by atoms with Crippen molar-refractivity contribution in [3.05, 3.63) is 0 Å². The van der Waals surface area contributed by atoms with Crippen LogP contribution in [0.15, 0.2) is 0 Å². The van der Waals surface area contributed by atoms with Gasteiger partial charge in [0.2, 0.25) is 0 Å². The molecule has 0 aliphatic carbocycles. The smallest absolute Gasteiger partial charge is 0.0636 e. The molecule has 0 radical (unpaired) electrons. The highest BCUT2D eigenvalue weighted by Gasteiger charge is 1.96. The standard InChI is InChI=1S/C8H19NO2/c1-7(10)4-3-5-9-6-8(2)11/h7-11H,3-6H2,1-2H3/t7?,8-/m0/s1. The molecule has 0 heterocycles. The molecule has 1 unspecified atom stereocenters. The SMILES string of the molecule is CC(O)CCCNC[C@H](C)O. The summed E-state index contributed by atoms with van der Waals surface area (Å²) < 4.78 is 0. The zero-order chi connectivity index (χ0) is 8.69. The van der Waals surface area contributed by atoms with Crippen LogP contribution < -0.4 is 5.32 Å². The predicted octanol–water partition coefficient (Wildman–Crippen LogP) is 0.118. The zero-order valence-electron chi connectivity index (χ0n) is 7.38. The molecule has 68 valence electrons.